The number of rotatable bonds is 6. The Labute approximate surface area is 166 Å². The van der Waals surface area contributed by atoms with Crippen LogP contribution in [0.25, 0.3) is 11.3 Å². The van der Waals surface area contributed by atoms with Crippen LogP contribution in [0, 0.1) is 0 Å². The Morgan fingerprint density at radius 1 is 1.00 bits per heavy atom. The molecular formula is C22H17N3O4. The van der Waals surface area contributed by atoms with Crippen molar-refractivity contribution in [3.8, 4) is 28.6 Å². The number of para-hydroxylation sites is 2. The van der Waals surface area contributed by atoms with E-state index in [1.807, 2.05) is 30.3 Å². The number of aromatic nitrogens is 2. The molecule has 0 aliphatic carbocycles. The molecule has 1 amide bonds. The zero-order valence-corrected chi connectivity index (χ0v) is 15.5. The quantitative estimate of drug-likeness (QED) is 0.512. The predicted octanol–water partition coefficient (Wildman–Crippen LogP) is 4.79. The normalized spacial score (nSPS) is 10.4. The number of anilines is 1. The van der Waals surface area contributed by atoms with E-state index in [4.69, 9.17) is 14.0 Å². The molecule has 0 radical (unpaired) electrons. The van der Waals surface area contributed by atoms with Gasteiger partial charge in [0.15, 0.2) is 23.0 Å². The Kier molecular flexibility index (Phi) is 5.20. The average molecular weight is 387 g/mol. The SMILES string of the molecule is COc1ccccc1Oc1ccc(NC(=O)c2cc(-c3cccnc3)on2)cc1. The van der Waals surface area contributed by atoms with Gasteiger partial charge in [-0.25, -0.2) is 0 Å². The van der Waals surface area contributed by atoms with Gasteiger partial charge in [0.2, 0.25) is 0 Å². The monoisotopic (exact) mass is 387 g/mol. The minimum atomic E-state index is -0.373. The summed E-state index contributed by atoms with van der Waals surface area (Å²) in [6, 6.07) is 19.6. The fourth-order valence-electron chi connectivity index (χ4n) is 2.66. The van der Waals surface area contributed by atoms with Gasteiger partial charge in [-0.15, -0.1) is 0 Å². The predicted molar refractivity (Wildman–Crippen MR) is 107 cm³/mol. The summed E-state index contributed by atoms with van der Waals surface area (Å²) in [4.78, 5) is 16.4. The molecule has 0 aliphatic rings. The maximum atomic E-state index is 12.4. The second-order valence-corrected chi connectivity index (χ2v) is 6.05. The van der Waals surface area contributed by atoms with Crippen LogP contribution >= 0.6 is 0 Å². The lowest BCUT2D eigenvalue weighted by Gasteiger charge is -2.10. The lowest BCUT2D eigenvalue weighted by atomic mass is 10.2. The van der Waals surface area contributed by atoms with Crippen molar-refractivity contribution in [2.45, 2.75) is 0 Å². The van der Waals surface area contributed by atoms with E-state index in [0.29, 0.717) is 28.7 Å². The van der Waals surface area contributed by atoms with Crippen molar-refractivity contribution in [3.05, 3.63) is 84.8 Å². The zero-order valence-electron chi connectivity index (χ0n) is 15.5. The Morgan fingerprint density at radius 3 is 2.52 bits per heavy atom. The molecule has 0 atom stereocenters. The van der Waals surface area contributed by atoms with Gasteiger partial charge in [0, 0.05) is 29.7 Å². The minimum absolute atomic E-state index is 0.179. The highest BCUT2D eigenvalue weighted by atomic mass is 16.5. The summed E-state index contributed by atoms with van der Waals surface area (Å²) >= 11 is 0. The van der Waals surface area contributed by atoms with Crippen molar-refractivity contribution in [2.75, 3.05) is 12.4 Å². The van der Waals surface area contributed by atoms with Crippen LogP contribution in [0.4, 0.5) is 5.69 Å². The molecule has 29 heavy (non-hydrogen) atoms. The second kappa shape index (κ2) is 8.26. The number of benzene rings is 2. The molecule has 0 fully saturated rings. The third kappa shape index (κ3) is 4.24. The molecule has 0 aliphatic heterocycles. The molecule has 0 saturated carbocycles. The first-order valence-corrected chi connectivity index (χ1v) is 8.82. The maximum absolute atomic E-state index is 12.4. The number of ether oxygens (including phenoxy) is 2. The van der Waals surface area contributed by atoms with Crippen molar-refractivity contribution in [3.63, 3.8) is 0 Å². The molecule has 4 rings (SSSR count). The third-order valence-electron chi connectivity index (χ3n) is 4.10. The Balaban J connectivity index is 1.42. The van der Waals surface area contributed by atoms with Crippen LogP contribution in [0.15, 0.2) is 83.6 Å². The summed E-state index contributed by atoms with van der Waals surface area (Å²) in [5, 5.41) is 6.61. The first-order chi connectivity index (χ1) is 14.2. The van der Waals surface area contributed by atoms with Crippen molar-refractivity contribution < 1.29 is 18.8 Å². The van der Waals surface area contributed by atoms with Gasteiger partial charge in [0.05, 0.1) is 7.11 Å². The summed E-state index contributed by atoms with van der Waals surface area (Å²) in [5.74, 6) is 1.97. The van der Waals surface area contributed by atoms with E-state index in [0.717, 1.165) is 5.56 Å². The Morgan fingerprint density at radius 2 is 1.79 bits per heavy atom. The van der Waals surface area contributed by atoms with E-state index in [2.05, 4.69) is 15.5 Å². The molecule has 0 spiro atoms. The number of hydrogen-bond donors (Lipinski definition) is 1. The fraction of sp³-hybridized carbons (Fsp3) is 0.0455. The van der Waals surface area contributed by atoms with Gasteiger partial charge in [-0.3, -0.25) is 9.78 Å². The topological polar surface area (TPSA) is 86.5 Å². The van der Waals surface area contributed by atoms with E-state index in [-0.39, 0.29) is 11.6 Å². The van der Waals surface area contributed by atoms with Crippen molar-refractivity contribution in [1.82, 2.24) is 10.1 Å². The number of pyridine rings is 1. The van der Waals surface area contributed by atoms with Crippen LogP contribution in [0.5, 0.6) is 17.2 Å². The molecule has 2 aromatic heterocycles. The van der Waals surface area contributed by atoms with Crippen molar-refractivity contribution in [2.24, 2.45) is 0 Å². The molecule has 0 saturated heterocycles. The summed E-state index contributed by atoms with van der Waals surface area (Å²) in [7, 11) is 1.59. The number of amides is 1. The number of hydrogen-bond acceptors (Lipinski definition) is 6. The maximum Gasteiger partial charge on any atom is 0.277 e. The molecule has 7 nitrogen and oxygen atoms in total. The molecule has 1 N–H and O–H groups in total. The molecule has 4 aromatic rings. The van der Waals surface area contributed by atoms with Gasteiger partial charge in [-0.1, -0.05) is 17.3 Å². The highest BCUT2D eigenvalue weighted by molar-refractivity contribution is 6.03. The van der Waals surface area contributed by atoms with E-state index in [1.54, 1.807) is 55.9 Å². The van der Waals surface area contributed by atoms with Crippen molar-refractivity contribution in [1.29, 1.82) is 0 Å². The Hall–Kier alpha value is -4.13. The fourth-order valence-corrected chi connectivity index (χ4v) is 2.66. The first kappa shape index (κ1) is 18.2. The largest absolute Gasteiger partial charge is 0.493 e. The molecule has 0 unspecified atom stereocenters. The molecular weight excluding hydrogens is 370 g/mol. The highest BCUT2D eigenvalue weighted by Crippen LogP contribution is 2.31. The average Bonchev–Trinajstić information content (AvgIpc) is 3.27. The van der Waals surface area contributed by atoms with Crippen LogP contribution in [-0.2, 0) is 0 Å². The molecule has 0 bridgehead atoms. The van der Waals surface area contributed by atoms with Gasteiger partial charge in [0.25, 0.3) is 5.91 Å². The Bertz CT molecular complexity index is 1110. The van der Waals surface area contributed by atoms with Crippen LogP contribution < -0.4 is 14.8 Å². The number of carbonyl (C=O) groups excluding carboxylic acids is 1. The number of carbonyl (C=O) groups is 1. The van der Waals surface area contributed by atoms with Crippen LogP contribution in [0.3, 0.4) is 0 Å². The molecule has 2 heterocycles. The van der Waals surface area contributed by atoms with E-state index >= 15 is 0 Å². The van der Waals surface area contributed by atoms with E-state index in [1.165, 1.54) is 0 Å². The number of nitrogens with one attached hydrogen (secondary N) is 1. The van der Waals surface area contributed by atoms with Crippen LogP contribution in [0.2, 0.25) is 0 Å². The summed E-state index contributed by atoms with van der Waals surface area (Å²) < 4.78 is 16.3. The smallest absolute Gasteiger partial charge is 0.277 e. The lowest BCUT2D eigenvalue weighted by molar-refractivity contribution is 0.101. The molecule has 7 heteroatoms. The van der Waals surface area contributed by atoms with Gasteiger partial charge in [-0.2, -0.15) is 0 Å². The van der Waals surface area contributed by atoms with Crippen molar-refractivity contribution >= 4 is 11.6 Å². The second-order valence-electron chi connectivity index (χ2n) is 6.05. The highest BCUT2D eigenvalue weighted by Gasteiger charge is 2.14. The van der Waals surface area contributed by atoms with Gasteiger partial charge in [0.1, 0.15) is 5.75 Å². The van der Waals surface area contributed by atoms with E-state index < -0.39 is 0 Å². The number of nitrogens with zero attached hydrogens (tertiary/aromatic N) is 2. The van der Waals surface area contributed by atoms with Gasteiger partial charge in [-0.05, 0) is 48.5 Å². The third-order valence-corrected chi connectivity index (χ3v) is 4.10. The van der Waals surface area contributed by atoms with Gasteiger partial charge < -0.3 is 19.3 Å². The standard InChI is InChI=1S/C22H17N3O4/c1-27-19-6-2-3-7-20(19)28-17-10-8-16(9-11-17)24-22(26)18-13-21(29-25-18)15-5-4-12-23-14-15/h2-14H,1H3,(H,24,26). The van der Waals surface area contributed by atoms with Crippen LogP contribution in [0.1, 0.15) is 10.5 Å². The lowest BCUT2D eigenvalue weighted by Crippen LogP contribution is -2.11. The molecule has 2 aromatic carbocycles. The van der Waals surface area contributed by atoms with Crippen LogP contribution in [-0.4, -0.2) is 23.2 Å². The summed E-state index contributed by atoms with van der Waals surface area (Å²) in [5.41, 5.74) is 1.53. The number of methoxy groups -OCH3 is 1. The first-order valence-electron chi connectivity index (χ1n) is 8.82. The minimum Gasteiger partial charge on any atom is -0.493 e. The zero-order chi connectivity index (χ0) is 20.1. The summed E-state index contributed by atoms with van der Waals surface area (Å²) in [6.45, 7) is 0. The van der Waals surface area contributed by atoms with Gasteiger partial charge >= 0.3 is 0 Å². The molecule has 144 valence electrons. The summed E-state index contributed by atoms with van der Waals surface area (Å²) in [6.07, 6.45) is 3.30. The van der Waals surface area contributed by atoms with E-state index in [9.17, 15) is 4.79 Å².